The van der Waals surface area contributed by atoms with Crippen molar-refractivity contribution in [1.29, 1.82) is 0 Å². The van der Waals surface area contributed by atoms with E-state index in [1.165, 1.54) is 24.4 Å². The predicted molar refractivity (Wildman–Crippen MR) is 115 cm³/mol. The molecule has 0 aromatic heterocycles. The van der Waals surface area contributed by atoms with E-state index >= 15 is 0 Å². The minimum absolute atomic E-state index is 0.0762. The highest BCUT2D eigenvalue weighted by atomic mass is 35.5. The number of hydrogen-bond acceptors (Lipinski definition) is 5. The first-order valence-electron chi connectivity index (χ1n) is 9.03. The van der Waals surface area contributed by atoms with Crippen LogP contribution in [0.1, 0.15) is 24.5 Å². The zero-order valence-corrected chi connectivity index (χ0v) is 18.3. The first-order valence-corrected chi connectivity index (χ1v) is 10.2. The zero-order chi connectivity index (χ0) is 22.1. The van der Waals surface area contributed by atoms with Crippen LogP contribution in [0.3, 0.4) is 0 Å². The van der Waals surface area contributed by atoms with Gasteiger partial charge in [0.15, 0.2) is 5.78 Å². The van der Waals surface area contributed by atoms with Gasteiger partial charge in [0.1, 0.15) is 18.3 Å². The van der Waals surface area contributed by atoms with Crippen molar-refractivity contribution < 1.29 is 23.6 Å². The topological polar surface area (TPSA) is 65.0 Å². The van der Waals surface area contributed by atoms with Gasteiger partial charge in [0.05, 0.1) is 12.8 Å². The minimum Gasteiger partial charge on any atom is -0.465 e. The Hall–Kier alpha value is -2.15. The molecule has 0 aliphatic rings. The minimum atomic E-state index is -1.21. The molecule has 0 bridgehead atoms. The largest absolute Gasteiger partial charge is 0.465 e. The summed E-state index contributed by atoms with van der Waals surface area (Å²) in [5.41, 5.74) is 0.749. The lowest BCUT2D eigenvalue weighted by Crippen LogP contribution is -2.29. The number of ketones is 1. The normalized spacial score (nSPS) is 12.0. The van der Waals surface area contributed by atoms with Gasteiger partial charge in [-0.1, -0.05) is 52.1 Å². The second kappa shape index (κ2) is 11.9. The van der Waals surface area contributed by atoms with Crippen molar-refractivity contribution in [3.8, 4) is 0 Å². The maximum Gasteiger partial charge on any atom is 0.316 e. The number of oxime groups is 1. The third-order valence-electron chi connectivity index (χ3n) is 4.11. The first kappa shape index (κ1) is 24.1. The summed E-state index contributed by atoms with van der Waals surface area (Å²) in [6.45, 7) is 1.78. The number of halogens is 4. The van der Waals surface area contributed by atoms with Gasteiger partial charge in [-0.15, -0.1) is 0 Å². The standard InChI is InChI=1S/C21H19Cl3FNO4/c1-2-29-21(28)16(11-15-17(23)4-3-5-19(15)25)20(27)8-9-26-30-12-13-6-7-14(22)10-18(13)24/h3-7,9-10,16H,2,8,11-12H2,1H3. The highest BCUT2D eigenvalue weighted by Gasteiger charge is 2.29. The van der Waals surface area contributed by atoms with Crippen LogP contribution in [-0.2, 0) is 32.2 Å². The molecule has 0 amide bonds. The maximum absolute atomic E-state index is 14.1. The molecular formula is C21H19Cl3FNO4. The molecule has 0 saturated carbocycles. The Bertz CT molecular complexity index is 916. The number of carbonyl (C=O) groups excluding carboxylic acids is 2. The molecule has 0 radical (unpaired) electrons. The molecule has 2 rings (SSSR count). The Morgan fingerprint density at radius 1 is 1.17 bits per heavy atom. The van der Waals surface area contributed by atoms with Crippen LogP contribution in [0.25, 0.3) is 0 Å². The SMILES string of the molecule is CCOC(=O)C(Cc1c(F)cccc1Cl)C(=O)CC=NOCc1ccc(Cl)cc1Cl. The molecule has 2 aromatic carbocycles. The van der Waals surface area contributed by atoms with Crippen molar-refractivity contribution in [2.45, 2.75) is 26.4 Å². The van der Waals surface area contributed by atoms with Crippen molar-refractivity contribution in [3.05, 3.63) is 68.4 Å². The van der Waals surface area contributed by atoms with Crippen molar-refractivity contribution in [2.24, 2.45) is 11.1 Å². The second-order valence-electron chi connectivity index (χ2n) is 6.18. The Morgan fingerprint density at radius 3 is 2.60 bits per heavy atom. The van der Waals surface area contributed by atoms with Crippen LogP contribution in [0.15, 0.2) is 41.6 Å². The van der Waals surface area contributed by atoms with Gasteiger partial charge in [-0.25, -0.2) is 4.39 Å². The van der Waals surface area contributed by atoms with Gasteiger partial charge in [-0.2, -0.15) is 0 Å². The highest BCUT2D eigenvalue weighted by molar-refractivity contribution is 6.35. The van der Waals surface area contributed by atoms with E-state index in [1.807, 2.05) is 0 Å². The van der Waals surface area contributed by atoms with Crippen LogP contribution in [0, 0.1) is 11.7 Å². The van der Waals surface area contributed by atoms with Crippen molar-refractivity contribution >= 4 is 52.8 Å². The number of nitrogens with zero attached hydrogens (tertiary/aromatic N) is 1. The summed E-state index contributed by atoms with van der Waals surface area (Å²) in [7, 11) is 0. The Labute approximate surface area is 188 Å². The molecule has 1 unspecified atom stereocenters. The predicted octanol–water partition coefficient (Wildman–Crippen LogP) is 5.67. The highest BCUT2D eigenvalue weighted by Crippen LogP contribution is 2.24. The molecule has 1 atom stereocenters. The van der Waals surface area contributed by atoms with Crippen LogP contribution < -0.4 is 0 Å². The molecule has 0 aliphatic carbocycles. The van der Waals surface area contributed by atoms with Gasteiger partial charge in [-0.05, 0) is 37.6 Å². The Kier molecular flexibility index (Phi) is 9.56. The quantitative estimate of drug-likeness (QED) is 0.193. The van der Waals surface area contributed by atoms with Crippen molar-refractivity contribution in [1.82, 2.24) is 0 Å². The molecule has 30 heavy (non-hydrogen) atoms. The summed E-state index contributed by atoms with van der Waals surface area (Å²) in [6, 6.07) is 9.08. The molecule has 0 spiro atoms. The van der Waals surface area contributed by atoms with Gasteiger partial charge < -0.3 is 9.57 Å². The van der Waals surface area contributed by atoms with E-state index in [9.17, 15) is 14.0 Å². The van der Waals surface area contributed by atoms with E-state index in [2.05, 4.69) is 5.16 Å². The molecular weight excluding hydrogens is 456 g/mol. The first-order chi connectivity index (χ1) is 14.3. The summed E-state index contributed by atoms with van der Waals surface area (Å²) in [4.78, 5) is 29.9. The Morgan fingerprint density at radius 2 is 1.93 bits per heavy atom. The maximum atomic E-state index is 14.1. The molecule has 5 nitrogen and oxygen atoms in total. The third kappa shape index (κ3) is 6.97. The zero-order valence-electron chi connectivity index (χ0n) is 16.0. The average Bonchev–Trinajstić information content (AvgIpc) is 2.69. The summed E-state index contributed by atoms with van der Waals surface area (Å²) in [5.74, 6) is -3.05. The fourth-order valence-corrected chi connectivity index (χ4v) is 3.27. The molecule has 0 aliphatic heterocycles. The Balaban J connectivity index is 2.00. The number of benzene rings is 2. The van der Waals surface area contributed by atoms with Crippen LogP contribution >= 0.6 is 34.8 Å². The van der Waals surface area contributed by atoms with Crippen LogP contribution in [0.4, 0.5) is 4.39 Å². The lowest BCUT2D eigenvalue weighted by atomic mass is 9.93. The molecule has 2 aromatic rings. The fourth-order valence-electron chi connectivity index (χ4n) is 2.57. The number of Topliss-reactive ketones (excluding diaryl/α,β-unsaturated/α-hetero) is 1. The third-order valence-corrected chi connectivity index (χ3v) is 5.05. The number of hydrogen-bond donors (Lipinski definition) is 0. The van der Waals surface area contributed by atoms with E-state index < -0.39 is 23.5 Å². The van der Waals surface area contributed by atoms with E-state index in [-0.39, 0.29) is 36.6 Å². The summed E-state index contributed by atoms with van der Waals surface area (Å²) < 4.78 is 19.0. The lowest BCUT2D eigenvalue weighted by molar-refractivity contribution is -0.151. The molecule has 0 N–H and O–H groups in total. The number of esters is 1. The fraction of sp³-hybridized carbons (Fsp3) is 0.286. The molecule has 0 saturated heterocycles. The summed E-state index contributed by atoms with van der Waals surface area (Å²) in [6.07, 6.45) is 0.809. The second-order valence-corrected chi connectivity index (χ2v) is 7.43. The summed E-state index contributed by atoms with van der Waals surface area (Å²) in [5, 5.41) is 4.77. The smallest absolute Gasteiger partial charge is 0.316 e. The van der Waals surface area contributed by atoms with Gasteiger partial charge in [0.25, 0.3) is 0 Å². The van der Waals surface area contributed by atoms with E-state index in [1.54, 1.807) is 25.1 Å². The van der Waals surface area contributed by atoms with Crippen molar-refractivity contribution in [3.63, 3.8) is 0 Å². The molecule has 0 heterocycles. The number of rotatable bonds is 10. The van der Waals surface area contributed by atoms with Crippen molar-refractivity contribution in [2.75, 3.05) is 6.61 Å². The molecule has 160 valence electrons. The average molecular weight is 475 g/mol. The molecule has 0 fully saturated rings. The summed E-state index contributed by atoms with van der Waals surface area (Å²) >= 11 is 17.9. The van der Waals surface area contributed by atoms with E-state index in [0.29, 0.717) is 15.6 Å². The van der Waals surface area contributed by atoms with Crippen LogP contribution in [0.2, 0.25) is 15.1 Å². The van der Waals surface area contributed by atoms with E-state index in [4.69, 9.17) is 44.4 Å². The van der Waals surface area contributed by atoms with Crippen LogP contribution in [-0.4, -0.2) is 24.6 Å². The van der Waals surface area contributed by atoms with Gasteiger partial charge in [0.2, 0.25) is 0 Å². The lowest BCUT2D eigenvalue weighted by Gasteiger charge is -2.15. The number of carbonyl (C=O) groups is 2. The monoisotopic (exact) mass is 473 g/mol. The van der Waals surface area contributed by atoms with E-state index in [0.717, 1.165) is 0 Å². The van der Waals surface area contributed by atoms with Crippen LogP contribution in [0.5, 0.6) is 0 Å². The molecule has 9 heteroatoms. The van der Waals surface area contributed by atoms with Gasteiger partial charge in [-0.3, -0.25) is 9.59 Å². The number of ether oxygens (including phenoxy) is 1. The van der Waals surface area contributed by atoms with Gasteiger partial charge >= 0.3 is 5.97 Å². The van der Waals surface area contributed by atoms with Gasteiger partial charge in [0, 0.05) is 32.6 Å².